The van der Waals surface area contributed by atoms with Gasteiger partial charge in [-0.3, -0.25) is 9.59 Å². The van der Waals surface area contributed by atoms with Gasteiger partial charge < -0.3 is 19.7 Å². The predicted molar refractivity (Wildman–Crippen MR) is 168 cm³/mol. The second-order valence-electron chi connectivity index (χ2n) is 9.90. The third kappa shape index (κ3) is 8.91. The van der Waals surface area contributed by atoms with E-state index in [1.165, 1.54) is 7.11 Å². The van der Waals surface area contributed by atoms with Crippen molar-refractivity contribution in [3.8, 4) is 5.75 Å². The Bertz CT molecular complexity index is 1520. The van der Waals surface area contributed by atoms with Crippen LogP contribution in [0.15, 0.2) is 121 Å². The van der Waals surface area contributed by atoms with Gasteiger partial charge in [0.15, 0.2) is 5.78 Å². The number of amides is 1. The van der Waals surface area contributed by atoms with Crippen LogP contribution in [0.3, 0.4) is 0 Å². The molecule has 1 N–H and O–H groups in total. The van der Waals surface area contributed by atoms with E-state index in [1.807, 2.05) is 85.8 Å². The molecule has 4 aromatic rings. The van der Waals surface area contributed by atoms with E-state index in [2.05, 4.69) is 5.32 Å². The predicted octanol–water partition coefficient (Wildman–Crippen LogP) is 6.10. The number of esters is 1. The zero-order valence-electron chi connectivity index (χ0n) is 24.4. The summed E-state index contributed by atoms with van der Waals surface area (Å²) in [4.78, 5) is 40.3. The first-order valence-corrected chi connectivity index (χ1v) is 14.2. The smallest absolute Gasteiger partial charge is 0.328 e. The van der Waals surface area contributed by atoms with Crippen LogP contribution < -0.4 is 10.1 Å². The highest BCUT2D eigenvalue weighted by atomic mass is 16.5. The van der Waals surface area contributed by atoms with E-state index in [0.29, 0.717) is 48.7 Å². The number of ketones is 1. The molecule has 0 aliphatic rings. The molecule has 0 aliphatic carbocycles. The fraction of sp³-hybridized carbons (Fsp3) is 0.194. The van der Waals surface area contributed by atoms with Gasteiger partial charge in [0, 0.05) is 29.8 Å². The second-order valence-corrected chi connectivity index (χ2v) is 9.90. The van der Waals surface area contributed by atoms with E-state index in [-0.39, 0.29) is 11.7 Å². The number of para-hydroxylation sites is 1. The van der Waals surface area contributed by atoms with E-state index in [0.717, 1.165) is 11.1 Å². The molecular formula is C36H36N2O5. The Balaban J connectivity index is 1.39. The molecule has 0 aliphatic heterocycles. The molecule has 0 spiro atoms. The van der Waals surface area contributed by atoms with Gasteiger partial charge in [-0.2, -0.15) is 0 Å². The van der Waals surface area contributed by atoms with Crippen LogP contribution in [0.1, 0.15) is 34.0 Å². The fourth-order valence-corrected chi connectivity index (χ4v) is 4.63. The largest absolute Gasteiger partial charge is 0.492 e. The number of rotatable bonds is 14. The van der Waals surface area contributed by atoms with E-state index >= 15 is 0 Å². The number of anilines is 1. The molecule has 43 heavy (non-hydrogen) atoms. The van der Waals surface area contributed by atoms with Crippen molar-refractivity contribution in [2.75, 3.05) is 25.6 Å². The molecule has 7 heteroatoms. The van der Waals surface area contributed by atoms with Crippen LogP contribution >= 0.6 is 0 Å². The third-order valence-corrected chi connectivity index (χ3v) is 6.85. The van der Waals surface area contributed by atoms with Crippen LogP contribution in [0.25, 0.3) is 0 Å². The van der Waals surface area contributed by atoms with E-state index in [9.17, 15) is 14.4 Å². The van der Waals surface area contributed by atoms with Crippen molar-refractivity contribution in [1.29, 1.82) is 0 Å². The number of nitrogens with one attached hydrogen (secondary N) is 1. The molecule has 0 radical (unpaired) electrons. The number of carbonyl (C=O) groups is 3. The average Bonchev–Trinajstić information content (AvgIpc) is 3.05. The van der Waals surface area contributed by atoms with Crippen molar-refractivity contribution in [3.05, 3.63) is 144 Å². The standard InChI is InChI=1S/C36H36N2O5/c1-3-12-34(39)38(26-28-13-6-4-7-14-28)23-24-43-30-21-19-27(20-22-30)25-33(36(41)42-2)37-32-18-11-10-17-31(32)35(40)29-15-8-5-9-16-29/h3-22,33,37H,23-26H2,1-2H3/t33-/m0/s1. The van der Waals surface area contributed by atoms with Gasteiger partial charge in [0.25, 0.3) is 0 Å². The molecule has 1 atom stereocenters. The van der Waals surface area contributed by atoms with E-state index in [4.69, 9.17) is 9.47 Å². The highest BCUT2D eigenvalue weighted by Gasteiger charge is 2.22. The molecule has 7 nitrogen and oxygen atoms in total. The number of nitrogens with zero attached hydrogens (tertiary/aromatic N) is 1. The molecule has 4 rings (SSSR count). The molecule has 0 unspecified atom stereocenters. The normalized spacial score (nSPS) is 11.5. The van der Waals surface area contributed by atoms with E-state index < -0.39 is 12.0 Å². The van der Waals surface area contributed by atoms with Gasteiger partial charge in [0.2, 0.25) is 5.91 Å². The summed E-state index contributed by atoms with van der Waals surface area (Å²) in [6, 6.07) is 32.7. The first kappa shape index (κ1) is 30.8. The second kappa shape index (κ2) is 15.7. The summed E-state index contributed by atoms with van der Waals surface area (Å²) >= 11 is 0. The lowest BCUT2D eigenvalue weighted by Crippen LogP contribution is -2.33. The fourth-order valence-electron chi connectivity index (χ4n) is 4.63. The first-order valence-electron chi connectivity index (χ1n) is 14.2. The van der Waals surface area contributed by atoms with E-state index in [1.54, 1.807) is 47.4 Å². The third-order valence-electron chi connectivity index (χ3n) is 6.85. The quantitative estimate of drug-likeness (QED) is 0.111. The molecule has 0 heterocycles. The maximum Gasteiger partial charge on any atom is 0.328 e. The van der Waals surface area contributed by atoms with Crippen molar-refractivity contribution < 1.29 is 23.9 Å². The highest BCUT2D eigenvalue weighted by Crippen LogP contribution is 2.22. The van der Waals surface area contributed by atoms with Crippen LogP contribution in [-0.2, 0) is 27.3 Å². The van der Waals surface area contributed by atoms with Gasteiger partial charge in [-0.1, -0.05) is 91.0 Å². The average molecular weight is 577 g/mol. The van der Waals surface area contributed by atoms with Crippen LogP contribution in [0, 0.1) is 0 Å². The van der Waals surface area contributed by atoms with Gasteiger partial charge in [-0.15, -0.1) is 0 Å². The van der Waals surface area contributed by atoms with Crippen LogP contribution in [-0.4, -0.2) is 48.9 Å². The number of hydrogen-bond acceptors (Lipinski definition) is 6. The highest BCUT2D eigenvalue weighted by molar-refractivity contribution is 6.12. The maximum absolute atomic E-state index is 13.2. The molecule has 220 valence electrons. The molecule has 4 aromatic carbocycles. The van der Waals surface area contributed by atoms with Crippen molar-refractivity contribution in [2.24, 2.45) is 0 Å². The zero-order valence-corrected chi connectivity index (χ0v) is 24.4. The van der Waals surface area contributed by atoms with Gasteiger partial charge in [-0.25, -0.2) is 4.79 Å². The SMILES string of the molecule is CC=CC(=O)N(CCOc1ccc(C[C@H](Nc2ccccc2C(=O)c2ccccc2)C(=O)OC)cc1)Cc1ccccc1. The van der Waals surface area contributed by atoms with Crippen molar-refractivity contribution in [2.45, 2.75) is 25.9 Å². The number of carbonyl (C=O) groups excluding carboxylic acids is 3. The van der Waals surface area contributed by atoms with Gasteiger partial charge in [-0.05, 0) is 48.4 Å². The lowest BCUT2D eigenvalue weighted by atomic mass is 10.00. The lowest BCUT2D eigenvalue weighted by molar-refractivity contribution is -0.141. The minimum absolute atomic E-state index is 0.0707. The molecule has 0 bridgehead atoms. The van der Waals surface area contributed by atoms with Gasteiger partial charge in [0.05, 0.1) is 13.7 Å². The molecule has 0 saturated carbocycles. The topological polar surface area (TPSA) is 84.9 Å². The van der Waals surface area contributed by atoms with Crippen LogP contribution in [0.4, 0.5) is 5.69 Å². The van der Waals surface area contributed by atoms with Gasteiger partial charge in [0.1, 0.15) is 18.4 Å². The Morgan fingerprint density at radius 3 is 2.14 bits per heavy atom. The molecule has 0 aromatic heterocycles. The van der Waals surface area contributed by atoms with Crippen molar-refractivity contribution >= 4 is 23.3 Å². The number of benzene rings is 4. The Morgan fingerprint density at radius 2 is 1.47 bits per heavy atom. The summed E-state index contributed by atoms with van der Waals surface area (Å²) in [6.45, 7) is 3.07. The maximum atomic E-state index is 13.2. The Hall–Kier alpha value is -5.17. The number of methoxy groups -OCH3 is 1. The number of allylic oxidation sites excluding steroid dienone is 1. The lowest BCUT2D eigenvalue weighted by Gasteiger charge is -2.22. The summed E-state index contributed by atoms with van der Waals surface area (Å²) in [5.41, 5.74) is 3.53. The minimum atomic E-state index is -0.717. The molecule has 0 fully saturated rings. The Morgan fingerprint density at radius 1 is 0.814 bits per heavy atom. The zero-order chi connectivity index (χ0) is 30.4. The van der Waals surface area contributed by atoms with Crippen molar-refractivity contribution in [3.63, 3.8) is 0 Å². The first-order chi connectivity index (χ1) is 21.0. The van der Waals surface area contributed by atoms with Crippen LogP contribution in [0.5, 0.6) is 5.75 Å². The minimum Gasteiger partial charge on any atom is -0.492 e. The number of ether oxygens (including phenoxy) is 2. The summed E-state index contributed by atoms with van der Waals surface area (Å²) in [6.07, 6.45) is 3.62. The summed E-state index contributed by atoms with van der Waals surface area (Å²) in [5, 5.41) is 3.23. The number of hydrogen-bond donors (Lipinski definition) is 1. The summed E-state index contributed by atoms with van der Waals surface area (Å²) in [7, 11) is 1.34. The van der Waals surface area contributed by atoms with Crippen molar-refractivity contribution in [1.82, 2.24) is 4.90 Å². The van der Waals surface area contributed by atoms with Crippen LogP contribution in [0.2, 0.25) is 0 Å². The molecule has 1 amide bonds. The summed E-state index contributed by atoms with van der Waals surface area (Å²) in [5.74, 6) is 0.0112. The van der Waals surface area contributed by atoms with Gasteiger partial charge >= 0.3 is 5.97 Å². The monoisotopic (exact) mass is 576 g/mol. The Kier molecular flexibility index (Phi) is 11.3. The Labute approximate surface area is 252 Å². The molecular weight excluding hydrogens is 540 g/mol. The summed E-state index contributed by atoms with van der Waals surface area (Å²) < 4.78 is 11.0. The molecule has 0 saturated heterocycles.